The lowest BCUT2D eigenvalue weighted by Gasteiger charge is -2.18. The standard InChI is InChI=1S/C14H15N5O3/c1-7(20)13(21)22-12-10(11(16)18-14(17)19-12)9-4-2-8(6-15)3-5-9/h2-5,7,13,20-21H,1H3,(H4,16,17,18,19)/t7?,13-/m0/s1. The second kappa shape index (κ2) is 6.26. The van der Waals surface area contributed by atoms with Crippen LogP contribution < -0.4 is 16.2 Å². The van der Waals surface area contributed by atoms with E-state index in [0.29, 0.717) is 16.7 Å². The molecule has 1 aromatic heterocycles. The van der Waals surface area contributed by atoms with E-state index in [1.54, 1.807) is 24.3 Å². The van der Waals surface area contributed by atoms with Gasteiger partial charge in [0, 0.05) is 0 Å². The highest BCUT2D eigenvalue weighted by molar-refractivity contribution is 5.79. The number of nitrogen functional groups attached to an aromatic ring is 2. The Kier molecular flexibility index (Phi) is 4.41. The van der Waals surface area contributed by atoms with Gasteiger partial charge in [-0.3, -0.25) is 0 Å². The largest absolute Gasteiger partial charge is 0.444 e. The molecule has 22 heavy (non-hydrogen) atoms. The van der Waals surface area contributed by atoms with Gasteiger partial charge in [-0.25, -0.2) is 0 Å². The highest BCUT2D eigenvalue weighted by Gasteiger charge is 2.20. The zero-order valence-corrected chi connectivity index (χ0v) is 11.8. The molecule has 2 aromatic rings. The van der Waals surface area contributed by atoms with E-state index < -0.39 is 12.4 Å². The monoisotopic (exact) mass is 301 g/mol. The molecule has 8 heteroatoms. The number of hydrogen-bond donors (Lipinski definition) is 4. The number of nitriles is 1. The van der Waals surface area contributed by atoms with Gasteiger partial charge in [-0.2, -0.15) is 15.2 Å². The summed E-state index contributed by atoms with van der Waals surface area (Å²) in [6.07, 6.45) is -2.63. The van der Waals surface area contributed by atoms with Gasteiger partial charge < -0.3 is 26.4 Å². The molecule has 1 aromatic carbocycles. The van der Waals surface area contributed by atoms with Gasteiger partial charge in [0.1, 0.15) is 11.9 Å². The summed E-state index contributed by atoms with van der Waals surface area (Å²) in [7, 11) is 0. The van der Waals surface area contributed by atoms with Crippen LogP contribution in [0.4, 0.5) is 11.8 Å². The number of aliphatic hydroxyl groups is 2. The first-order valence-corrected chi connectivity index (χ1v) is 6.38. The first kappa shape index (κ1) is 15.5. The molecule has 0 aliphatic heterocycles. The van der Waals surface area contributed by atoms with E-state index in [1.165, 1.54) is 6.92 Å². The van der Waals surface area contributed by atoms with Crippen molar-refractivity contribution >= 4 is 11.8 Å². The molecule has 2 atom stereocenters. The van der Waals surface area contributed by atoms with E-state index in [0.717, 1.165) is 0 Å². The number of rotatable bonds is 4. The molecule has 0 bridgehead atoms. The van der Waals surface area contributed by atoms with Crippen LogP contribution in [-0.4, -0.2) is 32.6 Å². The van der Waals surface area contributed by atoms with Gasteiger partial charge in [0.15, 0.2) is 0 Å². The summed E-state index contributed by atoms with van der Waals surface area (Å²) < 4.78 is 5.21. The van der Waals surface area contributed by atoms with Crippen LogP contribution in [0.5, 0.6) is 5.88 Å². The molecule has 0 aliphatic carbocycles. The quantitative estimate of drug-likeness (QED) is 0.587. The normalized spacial score (nSPS) is 13.2. The molecule has 2 rings (SSSR count). The van der Waals surface area contributed by atoms with Crippen molar-refractivity contribution < 1.29 is 14.9 Å². The van der Waals surface area contributed by atoms with E-state index >= 15 is 0 Å². The number of ether oxygens (including phenoxy) is 1. The predicted molar refractivity (Wildman–Crippen MR) is 79.3 cm³/mol. The summed E-state index contributed by atoms with van der Waals surface area (Å²) in [4.78, 5) is 7.76. The Balaban J connectivity index is 2.51. The lowest BCUT2D eigenvalue weighted by Crippen LogP contribution is -2.29. The minimum atomic E-state index is -1.49. The molecule has 6 N–H and O–H groups in total. The number of anilines is 2. The maximum Gasteiger partial charge on any atom is 0.230 e. The molecule has 0 saturated heterocycles. The number of nitrogens with zero attached hydrogens (tertiary/aromatic N) is 3. The van der Waals surface area contributed by atoms with Crippen LogP contribution in [-0.2, 0) is 0 Å². The number of hydrogen-bond acceptors (Lipinski definition) is 8. The Morgan fingerprint density at radius 3 is 2.36 bits per heavy atom. The van der Waals surface area contributed by atoms with Crippen LogP contribution in [0.3, 0.4) is 0 Å². The number of aliphatic hydroxyl groups excluding tert-OH is 2. The molecule has 114 valence electrons. The summed E-state index contributed by atoms with van der Waals surface area (Å²) in [5.74, 6) is -0.115. The van der Waals surface area contributed by atoms with Crippen molar-refractivity contribution in [3.63, 3.8) is 0 Å². The maximum atomic E-state index is 9.66. The number of nitrogens with two attached hydrogens (primary N) is 2. The molecule has 0 spiro atoms. The highest BCUT2D eigenvalue weighted by atomic mass is 16.6. The van der Waals surface area contributed by atoms with E-state index in [-0.39, 0.29) is 17.6 Å². The third kappa shape index (κ3) is 3.22. The van der Waals surface area contributed by atoms with Gasteiger partial charge in [0.05, 0.1) is 17.2 Å². The van der Waals surface area contributed by atoms with Crippen LogP contribution in [0.2, 0.25) is 0 Å². The summed E-state index contributed by atoms with van der Waals surface area (Å²) >= 11 is 0. The molecule has 0 saturated carbocycles. The molecule has 0 aliphatic rings. The molecular formula is C14H15N5O3. The zero-order chi connectivity index (χ0) is 16.3. The van der Waals surface area contributed by atoms with Crippen molar-refractivity contribution in [3.05, 3.63) is 29.8 Å². The van der Waals surface area contributed by atoms with Crippen LogP contribution in [0.25, 0.3) is 11.1 Å². The Bertz CT molecular complexity index is 710. The minimum absolute atomic E-state index is 0.0527. The van der Waals surface area contributed by atoms with Crippen molar-refractivity contribution in [1.29, 1.82) is 5.26 Å². The van der Waals surface area contributed by atoms with Crippen LogP contribution in [0.1, 0.15) is 12.5 Å². The first-order valence-electron chi connectivity index (χ1n) is 6.38. The average molecular weight is 301 g/mol. The Hall–Kier alpha value is -2.89. The summed E-state index contributed by atoms with van der Waals surface area (Å²) in [5.41, 5.74) is 12.8. The molecule has 8 nitrogen and oxygen atoms in total. The molecule has 1 unspecified atom stereocenters. The average Bonchev–Trinajstić information content (AvgIpc) is 2.47. The van der Waals surface area contributed by atoms with Gasteiger partial charge in [-0.05, 0) is 24.6 Å². The topological polar surface area (TPSA) is 151 Å². The van der Waals surface area contributed by atoms with E-state index in [2.05, 4.69) is 9.97 Å². The molecular weight excluding hydrogens is 286 g/mol. The van der Waals surface area contributed by atoms with Gasteiger partial charge in [0.25, 0.3) is 0 Å². The fourth-order valence-electron chi connectivity index (χ4n) is 1.75. The SMILES string of the molecule is CC(O)[C@@H](O)Oc1nc(N)nc(N)c1-c1ccc(C#N)cc1. The minimum Gasteiger partial charge on any atom is -0.444 e. The van der Waals surface area contributed by atoms with Gasteiger partial charge in [-0.1, -0.05) is 12.1 Å². The Morgan fingerprint density at radius 1 is 1.18 bits per heavy atom. The predicted octanol–water partition coefficient (Wildman–Crippen LogP) is 0.258. The smallest absolute Gasteiger partial charge is 0.230 e. The summed E-state index contributed by atoms with van der Waals surface area (Å²) in [6, 6.07) is 8.49. The summed E-state index contributed by atoms with van der Waals surface area (Å²) in [5, 5.41) is 27.8. The van der Waals surface area contributed by atoms with Crippen molar-refractivity contribution in [2.24, 2.45) is 0 Å². The maximum absolute atomic E-state index is 9.66. The van der Waals surface area contributed by atoms with Crippen molar-refractivity contribution in [1.82, 2.24) is 9.97 Å². The van der Waals surface area contributed by atoms with Crippen molar-refractivity contribution in [2.75, 3.05) is 11.5 Å². The van der Waals surface area contributed by atoms with E-state index in [1.807, 2.05) is 6.07 Å². The third-order valence-electron chi connectivity index (χ3n) is 2.87. The van der Waals surface area contributed by atoms with Crippen molar-refractivity contribution in [2.45, 2.75) is 19.3 Å². The summed E-state index contributed by atoms with van der Waals surface area (Å²) in [6.45, 7) is 1.36. The van der Waals surface area contributed by atoms with Crippen LogP contribution in [0.15, 0.2) is 24.3 Å². The van der Waals surface area contributed by atoms with Gasteiger partial charge in [-0.15, -0.1) is 0 Å². The molecule has 0 fully saturated rings. The molecule has 1 heterocycles. The lowest BCUT2D eigenvalue weighted by atomic mass is 10.1. The molecule has 0 amide bonds. The van der Waals surface area contributed by atoms with Gasteiger partial charge in [0.2, 0.25) is 18.1 Å². The molecule has 0 radical (unpaired) electrons. The van der Waals surface area contributed by atoms with Crippen LogP contribution in [0, 0.1) is 11.3 Å². The fourth-order valence-corrected chi connectivity index (χ4v) is 1.75. The number of benzene rings is 1. The second-order valence-electron chi connectivity index (χ2n) is 4.59. The highest BCUT2D eigenvalue weighted by Crippen LogP contribution is 2.34. The van der Waals surface area contributed by atoms with Gasteiger partial charge >= 0.3 is 0 Å². The van der Waals surface area contributed by atoms with Crippen LogP contribution >= 0.6 is 0 Å². The second-order valence-corrected chi connectivity index (χ2v) is 4.59. The zero-order valence-electron chi connectivity index (χ0n) is 11.8. The lowest BCUT2D eigenvalue weighted by molar-refractivity contribution is -0.0976. The first-order chi connectivity index (χ1) is 10.4. The van der Waals surface area contributed by atoms with E-state index in [9.17, 15) is 10.2 Å². The Morgan fingerprint density at radius 2 is 1.82 bits per heavy atom. The Labute approximate surface area is 126 Å². The van der Waals surface area contributed by atoms with Crippen molar-refractivity contribution in [3.8, 4) is 23.1 Å². The number of aromatic nitrogens is 2. The fraction of sp³-hybridized carbons (Fsp3) is 0.214. The van der Waals surface area contributed by atoms with E-state index in [4.69, 9.17) is 21.5 Å². The third-order valence-corrected chi connectivity index (χ3v) is 2.87.